The number of benzene rings is 11. The number of alkyl halides is 1. The topological polar surface area (TPSA) is 57.4 Å². The van der Waals surface area contributed by atoms with Crippen LogP contribution in [-0.4, -0.2) is 26.1 Å². The van der Waals surface area contributed by atoms with Gasteiger partial charge in [0.05, 0.1) is 44.8 Å². The van der Waals surface area contributed by atoms with Gasteiger partial charge in [0.1, 0.15) is 46.9 Å². The van der Waals surface area contributed by atoms with Gasteiger partial charge in [0, 0.05) is 90.2 Å². The van der Waals surface area contributed by atoms with Gasteiger partial charge in [-0.3, -0.25) is 0 Å². The van der Waals surface area contributed by atoms with Gasteiger partial charge in [0.2, 0.25) is 0 Å². The third-order valence-corrected chi connectivity index (χ3v) is 17.9. The Morgan fingerprint density at radius 3 is 0.876 bits per heavy atom. The fourth-order valence-corrected chi connectivity index (χ4v) is 13.9. The van der Waals surface area contributed by atoms with Gasteiger partial charge in [0.15, 0.2) is 0 Å². The molecule has 0 saturated carbocycles. The van der Waals surface area contributed by atoms with Gasteiger partial charge in [-0.2, -0.15) is 0 Å². The van der Waals surface area contributed by atoms with Crippen molar-refractivity contribution in [1.29, 1.82) is 0 Å². The van der Waals surface area contributed by atoms with Crippen molar-refractivity contribution in [1.82, 2.24) is 19.9 Å². The SMILES string of the molecule is CC1C(c2c3nc(c(-c4cc(F)cc(F)c4)c4[nH]c(c(-c5cc(F)cc(F)c5)c5nc(c(-c6cc(F)cc(F)c6)c6[nH]c2c2cc7ccccc7cc62)-c2cc6ccccc6cc2-5)c2cc5ccccc5cc42)-c2cc4ccccc4cc2-3)=CC(F)=CC1F. The summed E-state index contributed by atoms with van der Waals surface area (Å²) in [7, 11) is 0. The summed E-state index contributed by atoms with van der Waals surface area (Å²) in [6.07, 6.45) is 0.396. The number of nitrogens with one attached hydrogen (secondary N) is 2. The first-order chi connectivity index (χ1) is 43.2. The highest BCUT2D eigenvalue weighted by molar-refractivity contribution is 6.24. The molecule has 4 heterocycles. The van der Waals surface area contributed by atoms with Crippen molar-refractivity contribution in [3.05, 3.63) is 259 Å². The van der Waals surface area contributed by atoms with Gasteiger partial charge in [0.25, 0.3) is 0 Å². The summed E-state index contributed by atoms with van der Waals surface area (Å²) in [4.78, 5) is 18.9. The number of nitrogens with zero attached hydrogens (tertiary/aromatic N) is 2. The minimum absolute atomic E-state index is 0.0496. The number of fused-ring (bicyclic) bond motifs is 4. The molecule has 4 aliphatic rings. The molecule has 0 radical (unpaired) electrons. The first-order valence-electron chi connectivity index (χ1n) is 29.0. The molecule has 8 bridgehead atoms. The van der Waals surface area contributed by atoms with Crippen molar-refractivity contribution >= 4 is 92.3 Å². The molecule has 2 aliphatic heterocycles. The quantitative estimate of drug-likeness (QED) is 0.173. The Bertz CT molecular complexity index is 5670. The van der Waals surface area contributed by atoms with E-state index in [2.05, 4.69) is 9.97 Å². The predicted molar refractivity (Wildman–Crippen MR) is 342 cm³/mol. The second kappa shape index (κ2) is 19.5. The zero-order valence-corrected chi connectivity index (χ0v) is 46.8. The van der Waals surface area contributed by atoms with Crippen LogP contribution in [0.25, 0.3) is 171 Å². The molecule has 0 spiro atoms. The van der Waals surface area contributed by atoms with Crippen molar-refractivity contribution < 1.29 is 35.1 Å². The predicted octanol–water partition coefficient (Wildman–Crippen LogP) is 22.0. The van der Waals surface area contributed by atoms with Gasteiger partial charge in [-0.1, -0.05) is 104 Å². The minimum atomic E-state index is -1.83. The lowest BCUT2D eigenvalue weighted by Crippen LogP contribution is -2.16. The first kappa shape index (κ1) is 52.4. The lowest BCUT2D eigenvalue weighted by Gasteiger charge is -2.23. The van der Waals surface area contributed by atoms with Crippen molar-refractivity contribution in [2.24, 2.45) is 5.92 Å². The Morgan fingerprint density at radius 2 is 0.584 bits per heavy atom. The summed E-state index contributed by atoms with van der Waals surface area (Å²) < 4.78 is 132. The van der Waals surface area contributed by atoms with Crippen LogP contribution in [0.1, 0.15) is 12.5 Å². The van der Waals surface area contributed by atoms with Crippen LogP contribution in [-0.2, 0) is 0 Å². The number of hydrogen-bond acceptors (Lipinski definition) is 2. The van der Waals surface area contributed by atoms with E-state index in [1.807, 2.05) is 146 Å². The number of H-pyrrole nitrogens is 2. The second-order valence-electron chi connectivity index (χ2n) is 23.2. The smallest absolute Gasteiger partial charge is 0.128 e. The molecule has 0 amide bonds. The van der Waals surface area contributed by atoms with Crippen molar-refractivity contribution in [3.8, 4) is 78.4 Å². The number of aromatic nitrogens is 4. The number of halogens is 8. The summed E-state index contributed by atoms with van der Waals surface area (Å²) in [5, 5.41) is 8.21. The van der Waals surface area contributed by atoms with Gasteiger partial charge in [-0.15, -0.1) is 0 Å². The molecule has 2 atom stereocenters. The number of allylic oxidation sites excluding steroid dienone is 4. The van der Waals surface area contributed by atoms with Crippen LogP contribution in [0.3, 0.4) is 0 Å². The number of rotatable bonds is 4. The molecule has 4 nitrogen and oxygen atoms in total. The molecular formula is C77H42F8N4. The maximum atomic E-state index is 16.9. The molecule has 2 aliphatic carbocycles. The Labute approximate surface area is 501 Å². The molecule has 2 aromatic heterocycles. The van der Waals surface area contributed by atoms with Gasteiger partial charge in [-0.25, -0.2) is 45.1 Å². The Balaban J connectivity index is 1.25. The largest absolute Gasteiger partial charge is 0.353 e. The van der Waals surface area contributed by atoms with Gasteiger partial charge >= 0.3 is 0 Å². The van der Waals surface area contributed by atoms with E-state index in [-0.39, 0.29) is 72.8 Å². The molecule has 11 aromatic carbocycles. The molecule has 2 N–H and O–H groups in total. The normalized spacial score (nSPS) is 14.7. The zero-order valence-electron chi connectivity index (χ0n) is 46.8. The van der Waals surface area contributed by atoms with Gasteiger partial charge in [-0.05, 0) is 162 Å². The highest BCUT2D eigenvalue weighted by atomic mass is 19.2. The fourth-order valence-electron chi connectivity index (χ4n) is 13.9. The van der Waals surface area contributed by atoms with E-state index in [1.165, 1.54) is 42.5 Å². The van der Waals surface area contributed by atoms with Crippen LogP contribution in [0.2, 0.25) is 0 Å². The third kappa shape index (κ3) is 8.26. The molecule has 12 heteroatoms. The maximum Gasteiger partial charge on any atom is 0.128 e. The van der Waals surface area contributed by atoms with Crippen LogP contribution in [0.5, 0.6) is 0 Å². The maximum absolute atomic E-state index is 16.9. The van der Waals surface area contributed by atoms with Gasteiger partial charge < -0.3 is 9.97 Å². The summed E-state index contributed by atoms with van der Waals surface area (Å²) >= 11 is 0. The lowest BCUT2D eigenvalue weighted by molar-refractivity contribution is 0.334. The first-order valence-corrected chi connectivity index (χ1v) is 29.0. The Kier molecular flexibility index (Phi) is 11.5. The minimum Gasteiger partial charge on any atom is -0.353 e. The van der Waals surface area contributed by atoms with Crippen molar-refractivity contribution in [3.63, 3.8) is 0 Å². The van der Waals surface area contributed by atoms with Crippen LogP contribution < -0.4 is 0 Å². The summed E-state index contributed by atoms with van der Waals surface area (Å²) in [6.45, 7) is 1.66. The van der Waals surface area contributed by atoms with Crippen molar-refractivity contribution in [2.75, 3.05) is 0 Å². The molecular weight excluding hydrogens is 1130 g/mol. The van der Waals surface area contributed by atoms with E-state index >= 15 is 35.1 Å². The molecule has 0 fully saturated rings. The van der Waals surface area contributed by atoms with Crippen LogP contribution in [0.15, 0.2) is 218 Å². The fraction of sp³-hybridized carbons (Fsp3) is 0.0390. The molecule has 426 valence electrons. The monoisotopic (exact) mass is 1170 g/mol. The van der Waals surface area contributed by atoms with E-state index in [4.69, 9.17) is 9.97 Å². The van der Waals surface area contributed by atoms with Crippen LogP contribution in [0.4, 0.5) is 35.1 Å². The summed E-state index contributed by atoms with van der Waals surface area (Å²) in [5.41, 5.74) is 5.23. The number of aromatic amines is 2. The van der Waals surface area contributed by atoms with E-state index in [0.29, 0.717) is 60.3 Å². The van der Waals surface area contributed by atoms with E-state index in [9.17, 15) is 0 Å². The Morgan fingerprint density at radius 1 is 0.326 bits per heavy atom. The molecule has 17 rings (SSSR count). The highest BCUT2D eigenvalue weighted by Gasteiger charge is 2.35. The summed E-state index contributed by atoms with van der Waals surface area (Å²) in [5.74, 6) is -7.25. The van der Waals surface area contributed by atoms with Crippen LogP contribution >= 0.6 is 0 Å². The molecule has 2 unspecified atom stereocenters. The summed E-state index contributed by atoms with van der Waals surface area (Å²) in [6, 6.07) is 55.6. The molecule has 89 heavy (non-hydrogen) atoms. The van der Waals surface area contributed by atoms with E-state index in [0.717, 1.165) is 67.4 Å². The zero-order chi connectivity index (χ0) is 60.2. The molecule has 0 saturated heterocycles. The average molecular weight is 1180 g/mol. The van der Waals surface area contributed by atoms with E-state index < -0.39 is 52.8 Å². The second-order valence-corrected chi connectivity index (χ2v) is 23.2. The number of hydrogen-bond donors (Lipinski definition) is 2. The van der Waals surface area contributed by atoms with Crippen LogP contribution in [0, 0.1) is 40.8 Å². The van der Waals surface area contributed by atoms with Crippen molar-refractivity contribution in [2.45, 2.75) is 13.1 Å². The standard InChI is InChI=1S/C77H42F8N4/c1-37-56(35-55(84)36-65(37)85)69-76-63-30-44-16-8-6-14-42(44)28-61(63)74(88-76)67(47-20-51(80)33-52(81)21-47)72-59-26-40-12-4-2-10-38(40)24-57(59)70(86-72)66(46-18-49(78)32-50(79)19-46)71-58-25-39-11-3-5-13-41(39)27-60(58)73(87-71)68(48-22-53(82)34-54(83)23-48)75-62-29-43-15-7-9-17-45(43)31-64(62)77(69)89-75/h2-37,65,86,89H,1H3. The average Bonchev–Trinajstić information content (AvgIpc) is 1.58. The Hall–Kier alpha value is -11.0. The molecule has 13 aromatic rings. The third-order valence-electron chi connectivity index (χ3n) is 17.9. The van der Waals surface area contributed by atoms with E-state index in [1.54, 1.807) is 6.92 Å². The highest BCUT2D eigenvalue weighted by Crippen LogP contribution is 2.54. The lowest BCUT2D eigenvalue weighted by atomic mass is 9.83.